The van der Waals surface area contributed by atoms with Crippen LogP contribution in [0.1, 0.15) is 13.8 Å². The van der Waals surface area contributed by atoms with E-state index in [1.54, 1.807) is 6.92 Å². The predicted molar refractivity (Wildman–Crippen MR) is 100 cm³/mol. The van der Waals surface area contributed by atoms with Crippen LogP contribution in [0.25, 0.3) is 0 Å². The summed E-state index contributed by atoms with van der Waals surface area (Å²) < 4.78 is 53.1. The Morgan fingerprint density at radius 2 is 2.13 bits per heavy atom. The average Bonchev–Trinajstić information content (AvgIpc) is 2.67. The Balaban J connectivity index is 1.73. The minimum atomic E-state index is -4.78. The average molecular weight is 442 g/mol. The molecule has 10 nitrogen and oxygen atoms in total. The summed E-state index contributed by atoms with van der Waals surface area (Å²) in [7, 11) is -4.78. The van der Waals surface area contributed by atoms with Crippen LogP contribution in [-0.2, 0) is 14.8 Å². The van der Waals surface area contributed by atoms with Crippen LogP contribution in [0.5, 0.6) is 0 Å². The van der Waals surface area contributed by atoms with Gasteiger partial charge < -0.3 is 10.6 Å². The third kappa shape index (κ3) is 3.93. The van der Waals surface area contributed by atoms with Gasteiger partial charge in [-0.15, -0.1) is 0 Å². The van der Waals surface area contributed by atoms with Crippen LogP contribution in [0.4, 0.5) is 19.3 Å². The Morgan fingerprint density at radius 3 is 2.77 bits per heavy atom. The zero-order valence-corrected chi connectivity index (χ0v) is 16.9. The number of nitriles is 1. The van der Waals surface area contributed by atoms with Gasteiger partial charge in [0.1, 0.15) is 17.6 Å². The quantitative estimate of drug-likeness (QED) is 0.516. The summed E-state index contributed by atoms with van der Waals surface area (Å²) in [6, 6.07) is 1.94. The molecule has 2 aliphatic rings. The molecule has 1 aromatic rings. The van der Waals surface area contributed by atoms with Gasteiger partial charge in [0.05, 0.1) is 11.8 Å². The number of carbonyl (C=O) groups excluding carboxylic acids is 2. The Bertz CT molecular complexity index is 1030. The van der Waals surface area contributed by atoms with Crippen molar-refractivity contribution < 1.29 is 26.8 Å². The lowest BCUT2D eigenvalue weighted by Crippen LogP contribution is -2.61. The zero-order valence-electron chi connectivity index (χ0n) is 16.1. The maximum Gasteiger partial charge on any atom is 0.336 e. The molecule has 3 amide bonds. The summed E-state index contributed by atoms with van der Waals surface area (Å²) in [4.78, 5) is 23.6. The fourth-order valence-corrected chi connectivity index (χ4v) is 5.03. The third-order valence-corrected chi connectivity index (χ3v) is 6.93. The summed E-state index contributed by atoms with van der Waals surface area (Å²) in [5, 5.41) is 19.7. The highest BCUT2D eigenvalue weighted by atomic mass is 32.2. The largest absolute Gasteiger partial charge is 0.352 e. The van der Waals surface area contributed by atoms with Crippen molar-refractivity contribution in [3.8, 4) is 6.07 Å². The highest BCUT2D eigenvalue weighted by Crippen LogP contribution is 2.33. The van der Waals surface area contributed by atoms with Gasteiger partial charge in [0, 0.05) is 24.5 Å². The molecule has 0 aliphatic carbocycles. The Hall–Kier alpha value is -2.82. The number of amides is 3. The van der Waals surface area contributed by atoms with Crippen molar-refractivity contribution in [2.75, 3.05) is 18.4 Å². The standard InChI is InChI=1S/C17H20F2N6O4S/c1-8-10(6-21-13(5-20)22-8)9(2)23-14(26)7-25-17(27)24-12-4-3-11(18)15(19)16(12)30(25,28)29/h3-4,8-10,13,21-22H,6-7H2,1-2H3,(H,23,26)(H,24,27)/t8?,9-,10?,13?/m1/s1. The van der Waals surface area contributed by atoms with Gasteiger partial charge in [0.2, 0.25) is 5.91 Å². The first-order chi connectivity index (χ1) is 14.1. The molecular weight excluding hydrogens is 422 g/mol. The van der Waals surface area contributed by atoms with E-state index in [2.05, 4.69) is 21.3 Å². The van der Waals surface area contributed by atoms with Gasteiger partial charge in [0.25, 0.3) is 10.0 Å². The van der Waals surface area contributed by atoms with Gasteiger partial charge in [-0.3, -0.25) is 15.4 Å². The monoisotopic (exact) mass is 442 g/mol. The maximum atomic E-state index is 14.1. The van der Waals surface area contributed by atoms with Gasteiger partial charge in [0.15, 0.2) is 11.6 Å². The minimum Gasteiger partial charge on any atom is -0.352 e. The second kappa shape index (κ2) is 8.13. The van der Waals surface area contributed by atoms with Crippen LogP contribution < -0.4 is 21.3 Å². The van der Waals surface area contributed by atoms with Crippen molar-refractivity contribution in [2.24, 2.45) is 5.92 Å². The number of nitrogens with zero attached hydrogens (tertiary/aromatic N) is 2. The molecule has 2 heterocycles. The summed E-state index contributed by atoms with van der Waals surface area (Å²) in [6.45, 7) is 3.06. The number of nitrogens with one attached hydrogen (secondary N) is 4. The topological polar surface area (TPSA) is 143 Å². The van der Waals surface area contributed by atoms with Crippen molar-refractivity contribution in [1.82, 2.24) is 20.3 Å². The molecule has 0 bridgehead atoms. The lowest BCUT2D eigenvalue weighted by Gasteiger charge is -2.37. The zero-order chi connectivity index (χ0) is 22.2. The van der Waals surface area contributed by atoms with Gasteiger partial charge in [-0.05, 0) is 26.0 Å². The normalized spacial score (nSPS) is 26.2. The highest BCUT2D eigenvalue weighted by Gasteiger charge is 2.41. The molecular formula is C17H20F2N6O4S. The van der Waals surface area contributed by atoms with Crippen molar-refractivity contribution in [1.29, 1.82) is 5.26 Å². The summed E-state index contributed by atoms with van der Waals surface area (Å²) in [6.07, 6.45) is -0.517. The van der Waals surface area contributed by atoms with Crippen molar-refractivity contribution in [2.45, 2.75) is 37.0 Å². The van der Waals surface area contributed by atoms with Crippen LogP contribution in [0.15, 0.2) is 17.0 Å². The molecule has 4 N–H and O–H groups in total. The van der Waals surface area contributed by atoms with E-state index in [4.69, 9.17) is 5.26 Å². The predicted octanol–water partition coefficient (Wildman–Crippen LogP) is 0.0529. The van der Waals surface area contributed by atoms with E-state index in [1.807, 2.05) is 13.0 Å². The summed E-state index contributed by atoms with van der Waals surface area (Å²) >= 11 is 0. The molecule has 162 valence electrons. The molecule has 1 saturated heterocycles. The number of rotatable bonds is 4. The SMILES string of the molecule is CC1NC(C#N)NCC1[C@@H](C)NC(=O)CN1C(=O)Nc2ccc(F)c(F)c2S1(=O)=O. The first-order valence-corrected chi connectivity index (χ1v) is 10.5. The van der Waals surface area contributed by atoms with E-state index in [0.29, 0.717) is 12.6 Å². The smallest absolute Gasteiger partial charge is 0.336 e. The van der Waals surface area contributed by atoms with E-state index < -0.39 is 62.9 Å². The number of fused-ring (bicyclic) bond motifs is 1. The minimum absolute atomic E-state index is 0.127. The van der Waals surface area contributed by atoms with Crippen molar-refractivity contribution in [3.05, 3.63) is 23.8 Å². The van der Waals surface area contributed by atoms with Crippen LogP contribution in [-0.4, -0.2) is 56.0 Å². The number of benzene rings is 1. The Labute approximate surface area is 171 Å². The van der Waals surface area contributed by atoms with Gasteiger partial charge >= 0.3 is 6.03 Å². The lowest BCUT2D eigenvalue weighted by atomic mass is 9.91. The number of anilines is 1. The molecule has 2 aliphatic heterocycles. The van der Waals surface area contributed by atoms with Gasteiger partial charge in [-0.2, -0.15) is 5.26 Å². The van der Waals surface area contributed by atoms with E-state index in [1.165, 1.54) is 0 Å². The van der Waals surface area contributed by atoms with Crippen LogP contribution in [0, 0.1) is 28.9 Å². The number of halogens is 2. The number of hydrogen-bond donors (Lipinski definition) is 4. The van der Waals surface area contributed by atoms with Gasteiger partial charge in [-0.25, -0.2) is 26.3 Å². The van der Waals surface area contributed by atoms with Crippen molar-refractivity contribution >= 4 is 27.6 Å². The first kappa shape index (κ1) is 21.9. The number of urea groups is 1. The van der Waals surface area contributed by atoms with Crippen LogP contribution in [0.2, 0.25) is 0 Å². The molecule has 1 aromatic carbocycles. The fraction of sp³-hybridized carbons (Fsp3) is 0.471. The van der Waals surface area contributed by atoms with E-state index in [-0.39, 0.29) is 16.3 Å². The van der Waals surface area contributed by atoms with E-state index in [0.717, 1.165) is 6.07 Å². The number of sulfonamides is 1. The number of hydrogen-bond acceptors (Lipinski definition) is 7. The maximum absolute atomic E-state index is 14.1. The summed E-state index contributed by atoms with van der Waals surface area (Å²) in [5.41, 5.74) is -0.399. The van der Waals surface area contributed by atoms with Crippen LogP contribution in [0.3, 0.4) is 0 Å². The highest BCUT2D eigenvalue weighted by molar-refractivity contribution is 7.90. The third-order valence-electron chi connectivity index (χ3n) is 5.14. The van der Waals surface area contributed by atoms with Crippen molar-refractivity contribution in [3.63, 3.8) is 0 Å². The molecule has 4 atom stereocenters. The molecule has 13 heteroatoms. The molecule has 0 spiro atoms. The Morgan fingerprint density at radius 1 is 1.43 bits per heavy atom. The number of carbonyl (C=O) groups is 2. The van der Waals surface area contributed by atoms with E-state index >= 15 is 0 Å². The molecule has 3 unspecified atom stereocenters. The molecule has 1 fully saturated rings. The first-order valence-electron chi connectivity index (χ1n) is 9.06. The Kier molecular flexibility index (Phi) is 5.93. The second-order valence-electron chi connectivity index (χ2n) is 7.13. The molecule has 0 saturated carbocycles. The fourth-order valence-electron chi connectivity index (χ4n) is 3.54. The van der Waals surface area contributed by atoms with Crippen LogP contribution >= 0.6 is 0 Å². The lowest BCUT2D eigenvalue weighted by molar-refractivity contribution is -0.122. The molecule has 0 aromatic heterocycles. The second-order valence-corrected chi connectivity index (χ2v) is 8.92. The molecule has 3 rings (SSSR count). The molecule has 30 heavy (non-hydrogen) atoms. The summed E-state index contributed by atoms with van der Waals surface area (Å²) in [5.74, 6) is -3.95. The van der Waals surface area contributed by atoms with Gasteiger partial charge in [-0.1, -0.05) is 0 Å². The molecule has 0 radical (unpaired) electrons. The van der Waals surface area contributed by atoms with E-state index in [9.17, 15) is 26.8 Å².